The highest BCUT2D eigenvalue weighted by Gasteiger charge is 2.41. The van der Waals surface area contributed by atoms with Crippen molar-refractivity contribution in [3.8, 4) is 0 Å². The summed E-state index contributed by atoms with van der Waals surface area (Å²) in [4.78, 5) is 26.6. The Morgan fingerprint density at radius 1 is 1.19 bits per heavy atom. The van der Waals surface area contributed by atoms with E-state index in [9.17, 15) is 9.59 Å². The molecule has 2 saturated carbocycles. The molecule has 3 fully saturated rings. The summed E-state index contributed by atoms with van der Waals surface area (Å²) < 4.78 is 11.3. The number of hydrogen-bond acceptors (Lipinski definition) is 5. The third-order valence-electron chi connectivity index (χ3n) is 5.67. The molecule has 0 spiro atoms. The summed E-state index contributed by atoms with van der Waals surface area (Å²) in [5.74, 6) is 1.04. The number of rotatable bonds is 6. The van der Waals surface area contributed by atoms with Crippen LogP contribution in [0.15, 0.2) is 0 Å². The van der Waals surface area contributed by atoms with Gasteiger partial charge in [0, 0.05) is 19.1 Å². The van der Waals surface area contributed by atoms with Crippen LogP contribution in [-0.2, 0) is 14.3 Å². The van der Waals surface area contributed by atoms with E-state index in [2.05, 4.69) is 10.6 Å². The highest BCUT2D eigenvalue weighted by atomic mass is 16.6. The van der Waals surface area contributed by atoms with Gasteiger partial charge in [0.15, 0.2) is 0 Å². The first-order valence-electron chi connectivity index (χ1n) is 10.4. The van der Waals surface area contributed by atoms with Gasteiger partial charge in [-0.3, -0.25) is 4.79 Å². The number of amides is 2. The molecule has 2 amide bonds. The maximum atomic E-state index is 12.7. The molecule has 7 heteroatoms. The minimum Gasteiger partial charge on any atom is -0.444 e. The van der Waals surface area contributed by atoms with Crippen molar-refractivity contribution < 1.29 is 19.1 Å². The standard InChI is InChI=1S/C20H35N3O4/c1-20(2,3)27-19(25)23-9-10-26-13-17(23)15-5-4-6-16(15)21-12-18(24)22-11-14-7-8-14/h14-17,21H,4-13H2,1-3H3,(H,22,24)/t15-,16-,17-/m1/s1. The lowest BCUT2D eigenvalue weighted by atomic mass is 9.92. The molecule has 1 heterocycles. The van der Waals surface area contributed by atoms with Crippen LogP contribution in [0.4, 0.5) is 4.79 Å². The van der Waals surface area contributed by atoms with Crippen LogP contribution in [0, 0.1) is 11.8 Å². The molecule has 0 unspecified atom stereocenters. The van der Waals surface area contributed by atoms with E-state index in [4.69, 9.17) is 9.47 Å². The normalized spacial score (nSPS) is 28.9. The van der Waals surface area contributed by atoms with Crippen LogP contribution in [0.3, 0.4) is 0 Å². The van der Waals surface area contributed by atoms with Crippen LogP contribution in [-0.4, -0.2) is 67.4 Å². The van der Waals surface area contributed by atoms with Gasteiger partial charge in [-0.05, 0) is 58.3 Å². The molecule has 3 aliphatic rings. The van der Waals surface area contributed by atoms with Gasteiger partial charge in [0.05, 0.1) is 25.8 Å². The van der Waals surface area contributed by atoms with Gasteiger partial charge in [-0.15, -0.1) is 0 Å². The van der Waals surface area contributed by atoms with Gasteiger partial charge >= 0.3 is 6.09 Å². The molecule has 27 heavy (non-hydrogen) atoms. The molecular weight excluding hydrogens is 346 g/mol. The molecule has 3 atom stereocenters. The Morgan fingerprint density at radius 3 is 2.67 bits per heavy atom. The largest absolute Gasteiger partial charge is 0.444 e. The van der Waals surface area contributed by atoms with E-state index < -0.39 is 5.60 Å². The summed E-state index contributed by atoms with van der Waals surface area (Å²) in [6, 6.07) is 0.233. The topological polar surface area (TPSA) is 79.9 Å². The molecule has 154 valence electrons. The summed E-state index contributed by atoms with van der Waals surface area (Å²) in [6.45, 7) is 8.46. The number of carbonyl (C=O) groups excluding carboxylic acids is 2. The van der Waals surface area contributed by atoms with Gasteiger partial charge < -0.3 is 25.0 Å². The lowest BCUT2D eigenvalue weighted by Crippen LogP contribution is -2.56. The van der Waals surface area contributed by atoms with Crippen molar-refractivity contribution in [2.75, 3.05) is 32.8 Å². The fourth-order valence-electron chi connectivity index (χ4n) is 4.09. The van der Waals surface area contributed by atoms with Crippen LogP contribution in [0.2, 0.25) is 0 Å². The molecule has 2 aliphatic carbocycles. The number of morpholine rings is 1. The predicted octanol–water partition coefficient (Wildman–Crippen LogP) is 1.91. The Bertz CT molecular complexity index is 530. The van der Waals surface area contributed by atoms with Crippen LogP contribution in [0.5, 0.6) is 0 Å². The van der Waals surface area contributed by atoms with E-state index in [1.165, 1.54) is 12.8 Å². The fraction of sp³-hybridized carbons (Fsp3) is 0.900. The fourth-order valence-corrected chi connectivity index (χ4v) is 4.09. The van der Waals surface area contributed by atoms with E-state index in [-0.39, 0.29) is 30.0 Å². The Labute approximate surface area is 162 Å². The maximum Gasteiger partial charge on any atom is 0.410 e. The van der Waals surface area contributed by atoms with Gasteiger partial charge in [-0.2, -0.15) is 0 Å². The first-order valence-corrected chi connectivity index (χ1v) is 10.4. The molecule has 1 aliphatic heterocycles. The Hall–Kier alpha value is -1.34. The van der Waals surface area contributed by atoms with E-state index in [0.717, 1.165) is 25.8 Å². The van der Waals surface area contributed by atoms with E-state index >= 15 is 0 Å². The average molecular weight is 382 g/mol. The number of carbonyl (C=O) groups is 2. The Morgan fingerprint density at radius 2 is 1.96 bits per heavy atom. The van der Waals surface area contributed by atoms with Gasteiger partial charge in [-0.1, -0.05) is 6.42 Å². The van der Waals surface area contributed by atoms with Crippen molar-refractivity contribution in [1.82, 2.24) is 15.5 Å². The summed E-state index contributed by atoms with van der Waals surface area (Å²) in [7, 11) is 0. The van der Waals surface area contributed by atoms with Crippen LogP contribution >= 0.6 is 0 Å². The molecule has 7 nitrogen and oxygen atoms in total. The summed E-state index contributed by atoms with van der Waals surface area (Å²) in [5, 5.41) is 6.44. The Balaban J connectivity index is 1.54. The minimum absolute atomic E-state index is 0.00289. The number of nitrogens with one attached hydrogen (secondary N) is 2. The number of nitrogens with zero attached hydrogens (tertiary/aromatic N) is 1. The van der Waals surface area contributed by atoms with E-state index in [1.807, 2.05) is 25.7 Å². The summed E-state index contributed by atoms with van der Waals surface area (Å²) >= 11 is 0. The molecule has 0 radical (unpaired) electrons. The summed E-state index contributed by atoms with van der Waals surface area (Å²) in [5.41, 5.74) is -0.507. The zero-order valence-electron chi connectivity index (χ0n) is 17.0. The van der Waals surface area contributed by atoms with Crippen LogP contribution < -0.4 is 10.6 Å². The quantitative estimate of drug-likeness (QED) is 0.735. The van der Waals surface area contributed by atoms with Crippen molar-refractivity contribution in [2.45, 2.75) is 70.6 Å². The minimum atomic E-state index is -0.507. The number of hydrogen-bond donors (Lipinski definition) is 2. The average Bonchev–Trinajstić information content (AvgIpc) is 3.32. The molecule has 0 bridgehead atoms. The highest BCUT2D eigenvalue weighted by molar-refractivity contribution is 5.78. The molecule has 0 aromatic heterocycles. The van der Waals surface area contributed by atoms with Gasteiger partial charge in [-0.25, -0.2) is 4.79 Å². The van der Waals surface area contributed by atoms with Gasteiger partial charge in [0.25, 0.3) is 0 Å². The molecule has 0 aromatic carbocycles. The van der Waals surface area contributed by atoms with E-state index in [1.54, 1.807) is 0 Å². The summed E-state index contributed by atoms with van der Waals surface area (Å²) in [6.07, 6.45) is 5.38. The molecule has 2 N–H and O–H groups in total. The lowest BCUT2D eigenvalue weighted by molar-refractivity contribution is -0.120. The van der Waals surface area contributed by atoms with Crippen LogP contribution in [0.1, 0.15) is 52.9 Å². The second-order valence-corrected chi connectivity index (χ2v) is 9.15. The third kappa shape index (κ3) is 6.07. The lowest BCUT2D eigenvalue weighted by Gasteiger charge is -2.41. The number of ether oxygens (including phenoxy) is 2. The molecular formula is C20H35N3O4. The Kier molecular flexibility index (Phi) is 6.63. The molecule has 0 aromatic rings. The highest BCUT2D eigenvalue weighted by Crippen LogP contribution is 2.33. The molecule has 3 rings (SSSR count). The maximum absolute atomic E-state index is 12.7. The molecule has 1 saturated heterocycles. The van der Waals surface area contributed by atoms with Crippen molar-refractivity contribution in [1.29, 1.82) is 0 Å². The second-order valence-electron chi connectivity index (χ2n) is 9.15. The van der Waals surface area contributed by atoms with Gasteiger partial charge in [0.1, 0.15) is 5.60 Å². The van der Waals surface area contributed by atoms with Gasteiger partial charge in [0.2, 0.25) is 5.91 Å². The zero-order valence-corrected chi connectivity index (χ0v) is 17.0. The van der Waals surface area contributed by atoms with Crippen molar-refractivity contribution in [3.05, 3.63) is 0 Å². The first-order chi connectivity index (χ1) is 12.8. The van der Waals surface area contributed by atoms with Crippen LogP contribution in [0.25, 0.3) is 0 Å². The van der Waals surface area contributed by atoms with Crippen molar-refractivity contribution in [2.24, 2.45) is 11.8 Å². The SMILES string of the molecule is CC(C)(C)OC(=O)N1CCOC[C@@H]1[C@@H]1CCC[C@H]1NCC(=O)NCC1CC1. The smallest absolute Gasteiger partial charge is 0.410 e. The first kappa shape index (κ1) is 20.4. The monoisotopic (exact) mass is 381 g/mol. The van der Waals surface area contributed by atoms with E-state index in [0.29, 0.717) is 32.2 Å². The van der Waals surface area contributed by atoms with Crippen molar-refractivity contribution in [3.63, 3.8) is 0 Å². The predicted molar refractivity (Wildman–Crippen MR) is 102 cm³/mol. The second kappa shape index (κ2) is 8.78. The van der Waals surface area contributed by atoms with Crippen molar-refractivity contribution >= 4 is 12.0 Å². The third-order valence-corrected chi connectivity index (χ3v) is 5.67. The zero-order chi connectivity index (χ0) is 19.4.